The lowest BCUT2D eigenvalue weighted by molar-refractivity contribution is 0.281. The molecular weight excluding hydrogens is 220 g/mol. The summed E-state index contributed by atoms with van der Waals surface area (Å²) in [6.45, 7) is 1.75. The lowest BCUT2D eigenvalue weighted by atomic mass is 10.2. The predicted octanol–water partition coefficient (Wildman–Crippen LogP) is -0.118. The Labute approximate surface area is 101 Å². The van der Waals surface area contributed by atoms with Crippen LogP contribution in [0.3, 0.4) is 0 Å². The summed E-state index contributed by atoms with van der Waals surface area (Å²) in [7, 11) is 0. The quantitative estimate of drug-likeness (QED) is 0.510. The number of benzene rings is 1. The molecule has 1 aromatic rings. The molecule has 0 aliphatic carbocycles. The first-order valence-corrected chi connectivity index (χ1v) is 5.73. The number of nitrogens with zero attached hydrogens (tertiary/aromatic N) is 1. The van der Waals surface area contributed by atoms with Crippen molar-refractivity contribution < 1.29 is 15.3 Å². The van der Waals surface area contributed by atoms with E-state index in [-0.39, 0.29) is 19.8 Å². The number of aliphatic hydroxyl groups is 3. The first-order chi connectivity index (χ1) is 8.31. The molecule has 0 aromatic heterocycles. The second-order valence-corrected chi connectivity index (χ2v) is 3.63. The van der Waals surface area contributed by atoms with Gasteiger partial charge in [0.2, 0.25) is 0 Å². The highest BCUT2D eigenvalue weighted by molar-refractivity contribution is 5.55. The fourth-order valence-corrected chi connectivity index (χ4v) is 1.60. The molecule has 17 heavy (non-hydrogen) atoms. The van der Waals surface area contributed by atoms with Crippen LogP contribution >= 0.6 is 0 Å². The molecule has 4 N–H and O–H groups in total. The maximum absolute atomic E-state index is 8.93. The molecule has 0 bridgehead atoms. The van der Waals surface area contributed by atoms with E-state index in [4.69, 9.17) is 15.3 Å². The van der Waals surface area contributed by atoms with E-state index in [9.17, 15) is 0 Å². The summed E-state index contributed by atoms with van der Waals surface area (Å²) in [5, 5.41) is 29.6. The molecule has 0 unspecified atom stereocenters. The first kappa shape index (κ1) is 13.8. The SMILES string of the molecule is OCCNc1ccc(N(CCO)CCO)cc1. The summed E-state index contributed by atoms with van der Waals surface area (Å²) in [4.78, 5) is 1.91. The Morgan fingerprint density at radius 1 is 0.882 bits per heavy atom. The fraction of sp³-hybridized carbons (Fsp3) is 0.500. The number of nitrogens with one attached hydrogen (secondary N) is 1. The summed E-state index contributed by atoms with van der Waals surface area (Å²) < 4.78 is 0. The fourth-order valence-electron chi connectivity index (χ4n) is 1.60. The molecule has 0 fully saturated rings. The molecule has 0 heterocycles. The Hall–Kier alpha value is -1.30. The molecule has 1 rings (SSSR count). The Morgan fingerprint density at radius 2 is 1.47 bits per heavy atom. The lowest BCUT2D eigenvalue weighted by Gasteiger charge is -2.23. The molecular formula is C12H20N2O3. The Bertz CT molecular complexity index is 297. The summed E-state index contributed by atoms with van der Waals surface area (Å²) in [5.41, 5.74) is 1.90. The van der Waals surface area contributed by atoms with E-state index in [0.717, 1.165) is 11.4 Å². The predicted molar refractivity (Wildman–Crippen MR) is 68.4 cm³/mol. The first-order valence-electron chi connectivity index (χ1n) is 5.73. The van der Waals surface area contributed by atoms with Crippen molar-refractivity contribution in [3.8, 4) is 0 Å². The minimum Gasteiger partial charge on any atom is -0.395 e. The van der Waals surface area contributed by atoms with E-state index >= 15 is 0 Å². The number of hydrogen-bond acceptors (Lipinski definition) is 5. The van der Waals surface area contributed by atoms with E-state index in [1.165, 1.54) is 0 Å². The third-order valence-electron chi connectivity index (χ3n) is 2.41. The van der Waals surface area contributed by atoms with Gasteiger partial charge in [0.25, 0.3) is 0 Å². The summed E-state index contributed by atoms with van der Waals surface area (Å²) in [5.74, 6) is 0. The van der Waals surface area contributed by atoms with Gasteiger partial charge in [0.15, 0.2) is 0 Å². The smallest absolute Gasteiger partial charge is 0.0606 e. The van der Waals surface area contributed by atoms with E-state index < -0.39 is 0 Å². The highest BCUT2D eigenvalue weighted by Gasteiger charge is 2.04. The summed E-state index contributed by atoms with van der Waals surface area (Å²) in [6, 6.07) is 7.66. The number of hydrogen-bond donors (Lipinski definition) is 4. The van der Waals surface area contributed by atoms with Crippen molar-refractivity contribution in [2.75, 3.05) is 49.7 Å². The molecule has 0 atom stereocenters. The van der Waals surface area contributed by atoms with Crippen molar-refractivity contribution in [1.29, 1.82) is 0 Å². The molecule has 0 radical (unpaired) electrons. The van der Waals surface area contributed by atoms with Crippen LogP contribution in [0, 0.1) is 0 Å². The zero-order valence-corrected chi connectivity index (χ0v) is 9.84. The molecule has 0 aliphatic heterocycles. The largest absolute Gasteiger partial charge is 0.395 e. The van der Waals surface area contributed by atoms with Gasteiger partial charge in [-0.2, -0.15) is 0 Å². The van der Waals surface area contributed by atoms with Crippen molar-refractivity contribution in [1.82, 2.24) is 0 Å². The van der Waals surface area contributed by atoms with Crippen LogP contribution in [0.25, 0.3) is 0 Å². The van der Waals surface area contributed by atoms with Crippen molar-refractivity contribution >= 4 is 11.4 Å². The second-order valence-electron chi connectivity index (χ2n) is 3.63. The lowest BCUT2D eigenvalue weighted by Crippen LogP contribution is -2.29. The zero-order valence-electron chi connectivity index (χ0n) is 9.84. The van der Waals surface area contributed by atoms with Crippen LogP contribution in [0.2, 0.25) is 0 Å². The Kier molecular flexibility index (Phi) is 6.39. The standard InChI is InChI=1S/C12H20N2O3/c15-8-5-13-11-1-3-12(4-2-11)14(6-9-16)7-10-17/h1-4,13,15-17H,5-10H2. The molecule has 0 saturated heterocycles. The van der Waals surface area contributed by atoms with Gasteiger partial charge in [-0.05, 0) is 24.3 Å². The van der Waals surface area contributed by atoms with Gasteiger partial charge in [0.1, 0.15) is 0 Å². The van der Waals surface area contributed by atoms with Gasteiger partial charge in [-0.25, -0.2) is 0 Å². The van der Waals surface area contributed by atoms with Crippen molar-refractivity contribution in [2.24, 2.45) is 0 Å². The highest BCUT2D eigenvalue weighted by atomic mass is 16.3. The van der Waals surface area contributed by atoms with Gasteiger partial charge < -0.3 is 25.5 Å². The third kappa shape index (κ3) is 4.60. The Morgan fingerprint density at radius 3 is 1.94 bits per heavy atom. The van der Waals surface area contributed by atoms with Crippen LogP contribution in [0.5, 0.6) is 0 Å². The molecule has 0 spiro atoms. The van der Waals surface area contributed by atoms with Crippen LogP contribution in [-0.4, -0.2) is 54.8 Å². The van der Waals surface area contributed by atoms with E-state index in [2.05, 4.69) is 5.32 Å². The number of rotatable bonds is 8. The average Bonchev–Trinajstić information content (AvgIpc) is 2.37. The van der Waals surface area contributed by atoms with Crippen molar-refractivity contribution in [2.45, 2.75) is 0 Å². The summed E-state index contributed by atoms with van der Waals surface area (Å²) in [6.07, 6.45) is 0. The minimum absolute atomic E-state index is 0.0600. The van der Waals surface area contributed by atoms with E-state index in [1.54, 1.807) is 0 Å². The van der Waals surface area contributed by atoms with E-state index in [0.29, 0.717) is 19.6 Å². The van der Waals surface area contributed by atoms with Gasteiger partial charge >= 0.3 is 0 Å². The molecule has 5 nitrogen and oxygen atoms in total. The normalized spacial score (nSPS) is 10.3. The van der Waals surface area contributed by atoms with Gasteiger partial charge in [-0.1, -0.05) is 0 Å². The topological polar surface area (TPSA) is 76.0 Å². The van der Waals surface area contributed by atoms with Crippen molar-refractivity contribution in [3.05, 3.63) is 24.3 Å². The van der Waals surface area contributed by atoms with Crippen LogP contribution in [0.15, 0.2) is 24.3 Å². The van der Waals surface area contributed by atoms with Crippen molar-refractivity contribution in [3.63, 3.8) is 0 Å². The molecule has 5 heteroatoms. The maximum Gasteiger partial charge on any atom is 0.0606 e. The van der Waals surface area contributed by atoms with Crippen LogP contribution < -0.4 is 10.2 Å². The van der Waals surface area contributed by atoms with Gasteiger partial charge in [-0.3, -0.25) is 0 Å². The minimum atomic E-state index is 0.0600. The van der Waals surface area contributed by atoms with E-state index in [1.807, 2.05) is 29.2 Å². The third-order valence-corrected chi connectivity index (χ3v) is 2.41. The monoisotopic (exact) mass is 240 g/mol. The average molecular weight is 240 g/mol. The van der Waals surface area contributed by atoms with Crippen LogP contribution in [0.4, 0.5) is 11.4 Å². The van der Waals surface area contributed by atoms with Gasteiger partial charge in [0, 0.05) is 31.0 Å². The highest BCUT2D eigenvalue weighted by Crippen LogP contribution is 2.17. The van der Waals surface area contributed by atoms with Gasteiger partial charge in [-0.15, -0.1) is 0 Å². The van der Waals surface area contributed by atoms with Crippen LogP contribution in [-0.2, 0) is 0 Å². The summed E-state index contributed by atoms with van der Waals surface area (Å²) >= 11 is 0. The maximum atomic E-state index is 8.93. The Balaban J connectivity index is 2.63. The zero-order chi connectivity index (χ0) is 12.5. The molecule has 1 aromatic carbocycles. The van der Waals surface area contributed by atoms with Gasteiger partial charge in [0.05, 0.1) is 19.8 Å². The molecule has 96 valence electrons. The number of anilines is 2. The molecule has 0 saturated carbocycles. The second kappa shape index (κ2) is 7.89. The van der Waals surface area contributed by atoms with Crippen LogP contribution in [0.1, 0.15) is 0 Å². The molecule has 0 aliphatic rings. The molecule has 0 amide bonds. The number of aliphatic hydroxyl groups excluding tert-OH is 3.